The number of fused-ring (bicyclic) bond motifs is 1. The molecule has 0 radical (unpaired) electrons. The van der Waals surface area contributed by atoms with E-state index in [1.54, 1.807) is 0 Å². The van der Waals surface area contributed by atoms with Gasteiger partial charge in [-0.05, 0) is 43.6 Å². The number of aromatic nitrogens is 1. The maximum absolute atomic E-state index is 5.89. The van der Waals surface area contributed by atoms with E-state index in [1.165, 1.54) is 16.5 Å². The summed E-state index contributed by atoms with van der Waals surface area (Å²) in [6, 6.07) is 8.57. The average molecular weight is 230 g/mol. The molecule has 0 saturated carbocycles. The van der Waals surface area contributed by atoms with Crippen LogP contribution in [0.5, 0.6) is 0 Å². The number of methoxy groups -OCH3 is 1. The van der Waals surface area contributed by atoms with Crippen LogP contribution in [0.15, 0.2) is 30.5 Å². The third-order valence-corrected chi connectivity index (χ3v) is 3.89. The molecule has 1 saturated heterocycles. The maximum atomic E-state index is 5.89. The maximum Gasteiger partial charge on any atom is 0.0958 e. The van der Waals surface area contributed by atoms with Crippen LogP contribution < -0.4 is 5.32 Å². The normalized spacial score (nSPS) is 19.6. The van der Waals surface area contributed by atoms with E-state index >= 15 is 0 Å². The van der Waals surface area contributed by atoms with Gasteiger partial charge in [-0.1, -0.05) is 12.1 Å². The highest BCUT2D eigenvalue weighted by Gasteiger charge is 2.35. The summed E-state index contributed by atoms with van der Waals surface area (Å²) in [4.78, 5) is 3.27. The zero-order valence-electron chi connectivity index (χ0n) is 10.1. The van der Waals surface area contributed by atoms with Crippen LogP contribution in [0.1, 0.15) is 18.4 Å². The summed E-state index contributed by atoms with van der Waals surface area (Å²) in [6.45, 7) is 2.04. The van der Waals surface area contributed by atoms with Crippen LogP contribution in [0.2, 0.25) is 0 Å². The largest absolute Gasteiger partial charge is 0.373 e. The third-order valence-electron chi connectivity index (χ3n) is 3.89. The molecule has 90 valence electrons. The van der Waals surface area contributed by atoms with E-state index in [-0.39, 0.29) is 5.60 Å². The van der Waals surface area contributed by atoms with Crippen LogP contribution in [0.25, 0.3) is 10.9 Å². The number of hydrogen-bond donors (Lipinski definition) is 2. The molecule has 2 heterocycles. The molecule has 1 fully saturated rings. The van der Waals surface area contributed by atoms with Crippen LogP contribution in [0.4, 0.5) is 0 Å². The number of ether oxygens (including phenoxy) is 1. The fourth-order valence-electron chi connectivity index (χ4n) is 2.90. The molecule has 1 aromatic carbocycles. The number of benzene rings is 1. The van der Waals surface area contributed by atoms with Crippen LogP contribution >= 0.6 is 0 Å². The van der Waals surface area contributed by atoms with Crippen LogP contribution in [0.3, 0.4) is 0 Å². The molecule has 0 aliphatic carbocycles. The summed E-state index contributed by atoms with van der Waals surface area (Å²) in [5.41, 5.74) is 2.39. The molecule has 3 heteroatoms. The number of piperidine rings is 1. The van der Waals surface area contributed by atoms with E-state index in [9.17, 15) is 0 Å². The second-order valence-corrected chi connectivity index (χ2v) is 4.69. The first-order valence-corrected chi connectivity index (χ1v) is 6.18. The molecule has 0 amide bonds. The molecule has 1 aliphatic rings. The van der Waals surface area contributed by atoms with E-state index in [2.05, 4.69) is 34.6 Å². The molecule has 0 bridgehead atoms. The van der Waals surface area contributed by atoms with E-state index in [4.69, 9.17) is 4.74 Å². The fourth-order valence-corrected chi connectivity index (χ4v) is 2.90. The van der Waals surface area contributed by atoms with Crippen molar-refractivity contribution in [2.24, 2.45) is 0 Å². The van der Waals surface area contributed by atoms with E-state index in [1.807, 2.05) is 13.3 Å². The van der Waals surface area contributed by atoms with Crippen LogP contribution in [-0.2, 0) is 10.3 Å². The molecular weight excluding hydrogens is 212 g/mol. The van der Waals surface area contributed by atoms with Gasteiger partial charge in [0.15, 0.2) is 0 Å². The molecule has 3 rings (SSSR count). The average Bonchev–Trinajstić information content (AvgIpc) is 2.87. The Labute approximate surface area is 101 Å². The SMILES string of the molecule is COC1(c2cccc3[nH]ccc23)CCNCC1. The van der Waals surface area contributed by atoms with Gasteiger partial charge in [0.25, 0.3) is 0 Å². The third kappa shape index (κ3) is 1.66. The number of nitrogens with one attached hydrogen (secondary N) is 2. The zero-order chi connectivity index (χ0) is 11.7. The Morgan fingerprint density at radius 1 is 1.18 bits per heavy atom. The van der Waals surface area contributed by atoms with Gasteiger partial charge >= 0.3 is 0 Å². The summed E-state index contributed by atoms with van der Waals surface area (Å²) < 4.78 is 5.89. The topological polar surface area (TPSA) is 37.0 Å². The summed E-state index contributed by atoms with van der Waals surface area (Å²) in [5.74, 6) is 0. The lowest BCUT2D eigenvalue weighted by Gasteiger charge is -2.37. The molecular formula is C14H18N2O. The van der Waals surface area contributed by atoms with Crippen molar-refractivity contribution in [3.8, 4) is 0 Å². The highest BCUT2D eigenvalue weighted by molar-refractivity contribution is 5.83. The van der Waals surface area contributed by atoms with E-state index in [0.29, 0.717) is 0 Å². The first-order valence-electron chi connectivity index (χ1n) is 6.18. The summed E-state index contributed by atoms with van der Waals surface area (Å²) >= 11 is 0. The molecule has 0 atom stereocenters. The van der Waals surface area contributed by atoms with E-state index in [0.717, 1.165) is 25.9 Å². The first kappa shape index (κ1) is 10.8. The summed E-state index contributed by atoms with van der Waals surface area (Å²) in [6.07, 6.45) is 4.07. The van der Waals surface area contributed by atoms with Crippen molar-refractivity contribution in [3.63, 3.8) is 0 Å². The smallest absolute Gasteiger partial charge is 0.0958 e. The van der Waals surface area contributed by atoms with Crippen molar-refractivity contribution < 1.29 is 4.74 Å². The van der Waals surface area contributed by atoms with Gasteiger partial charge in [-0.3, -0.25) is 0 Å². The van der Waals surface area contributed by atoms with Crippen molar-refractivity contribution in [3.05, 3.63) is 36.0 Å². The van der Waals surface area contributed by atoms with Gasteiger partial charge in [0.05, 0.1) is 5.60 Å². The van der Waals surface area contributed by atoms with Crippen LogP contribution in [0, 0.1) is 0 Å². The van der Waals surface area contributed by atoms with Gasteiger partial charge in [0.2, 0.25) is 0 Å². The van der Waals surface area contributed by atoms with Crippen molar-refractivity contribution in [1.29, 1.82) is 0 Å². The molecule has 1 aliphatic heterocycles. The predicted octanol–water partition coefficient (Wildman–Crippen LogP) is 2.39. The second kappa shape index (κ2) is 4.17. The second-order valence-electron chi connectivity index (χ2n) is 4.69. The fraction of sp³-hybridized carbons (Fsp3) is 0.429. The Morgan fingerprint density at radius 2 is 2.00 bits per heavy atom. The zero-order valence-corrected chi connectivity index (χ0v) is 10.1. The highest BCUT2D eigenvalue weighted by Crippen LogP contribution is 2.37. The van der Waals surface area contributed by atoms with Gasteiger partial charge in [-0.2, -0.15) is 0 Å². The molecule has 1 aromatic heterocycles. The number of hydrogen-bond acceptors (Lipinski definition) is 2. The van der Waals surface area contributed by atoms with Gasteiger partial charge < -0.3 is 15.0 Å². The number of H-pyrrole nitrogens is 1. The lowest BCUT2D eigenvalue weighted by atomic mass is 9.83. The minimum atomic E-state index is -0.118. The van der Waals surface area contributed by atoms with Crippen molar-refractivity contribution in [2.75, 3.05) is 20.2 Å². The lowest BCUT2D eigenvalue weighted by Crippen LogP contribution is -2.41. The molecule has 2 N–H and O–H groups in total. The molecule has 0 spiro atoms. The van der Waals surface area contributed by atoms with Gasteiger partial charge in [-0.15, -0.1) is 0 Å². The quantitative estimate of drug-likeness (QED) is 0.831. The van der Waals surface area contributed by atoms with E-state index < -0.39 is 0 Å². The van der Waals surface area contributed by atoms with Gasteiger partial charge in [-0.25, -0.2) is 0 Å². The minimum absolute atomic E-state index is 0.118. The summed E-state index contributed by atoms with van der Waals surface area (Å²) in [5, 5.41) is 4.69. The number of aromatic amines is 1. The Morgan fingerprint density at radius 3 is 2.76 bits per heavy atom. The first-order chi connectivity index (χ1) is 8.36. The monoisotopic (exact) mass is 230 g/mol. The summed E-state index contributed by atoms with van der Waals surface area (Å²) in [7, 11) is 1.83. The molecule has 17 heavy (non-hydrogen) atoms. The van der Waals surface area contributed by atoms with Crippen molar-refractivity contribution in [2.45, 2.75) is 18.4 Å². The van der Waals surface area contributed by atoms with Crippen molar-refractivity contribution in [1.82, 2.24) is 10.3 Å². The lowest BCUT2D eigenvalue weighted by molar-refractivity contribution is -0.0379. The van der Waals surface area contributed by atoms with Crippen molar-refractivity contribution >= 4 is 10.9 Å². The minimum Gasteiger partial charge on any atom is -0.373 e. The highest BCUT2D eigenvalue weighted by atomic mass is 16.5. The molecule has 2 aromatic rings. The van der Waals surface area contributed by atoms with Gasteiger partial charge in [0.1, 0.15) is 0 Å². The van der Waals surface area contributed by atoms with Crippen LogP contribution in [-0.4, -0.2) is 25.2 Å². The molecule has 3 nitrogen and oxygen atoms in total. The van der Waals surface area contributed by atoms with Gasteiger partial charge in [0, 0.05) is 24.2 Å². The standard InChI is InChI=1S/C14H18N2O/c1-17-14(6-9-15-10-7-14)12-3-2-4-13-11(12)5-8-16-13/h2-5,8,15-16H,6-7,9-10H2,1H3. The predicted molar refractivity (Wildman–Crippen MR) is 69.1 cm³/mol. The Hall–Kier alpha value is -1.32. The Balaban J connectivity index is 2.14. The number of rotatable bonds is 2. The molecule has 0 unspecified atom stereocenters. The Kier molecular flexibility index (Phi) is 2.65. The Bertz CT molecular complexity index is 512.